The lowest BCUT2D eigenvalue weighted by molar-refractivity contribution is -0.112. The number of carbonyl (C=O) groups is 1. The third-order valence-corrected chi connectivity index (χ3v) is 3.47. The zero-order valence-electron chi connectivity index (χ0n) is 12.5. The molecule has 1 aliphatic rings. The fraction of sp³-hybridized carbons (Fsp3) is 0.111. The summed E-state index contributed by atoms with van der Waals surface area (Å²) in [6.07, 6.45) is 1.52. The Morgan fingerprint density at radius 2 is 2.00 bits per heavy atom. The van der Waals surface area contributed by atoms with Gasteiger partial charge in [-0.2, -0.15) is 5.26 Å². The molecule has 114 valence electrons. The molecule has 0 saturated heterocycles. The first-order chi connectivity index (χ1) is 11.2. The fourth-order valence-corrected chi connectivity index (χ4v) is 2.22. The van der Waals surface area contributed by atoms with E-state index in [1.54, 1.807) is 24.3 Å². The van der Waals surface area contributed by atoms with E-state index in [2.05, 4.69) is 5.32 Å². The molecule has 0 aliphatic carbocycles. The number of aryl methyl sites for hydroxylation is 1. The molecule has 2 aromatic carbocycles. The van der Waals surface area contributed by atoms with E-state index < -0.39 is 5.91 Å². The molecule has 0 saturated carbocycles. The highest BCUT2D eigenvalue weighted by atomic mass is 16.7. The molecule has 1 heterocycles. The van der Waals surface area contributed by atoms with Gasteiger partial charge in [-0.15, -0.1) is 0 Å². The first-order valence-corrected chi connectivity index (χ1v) is 7.06. The second kappa shape index (κ2) is 6.24. The molecular formula is C18H14N2O3. The van der Waals surface area contributed by atoms with Crippen molar-refractivity contribution in [2.45, 2.75) is 6.92 Å². The van der Waals surface area contributed by atoms with Crippen molar-refractivity contribution in [1.82, 2.24) is 0 Å². The zero-order chi connectivity index (χ0) is 16.2. The molecule has 1 N–H and O–H groups in total. The predicted octanol–water partition coefficient (Wildman–Crippen LogP) is 3.27. The summed E-state index contributed by atoms with van der Waals surface area (Å²) in [5, 5.41) is 12.0. The number of amides is 1. The minimum absolute atomic E-state index is 0.0205. The van der Waals surface area contributed by atoms with Crippen LogP contribution in [0.1, 0.15) is 11.1 Å². The van der Waals surface area contributed by atoms with Gasteiger partial charge in [0.2, 0.25) is 6.79 Å². The summed E-state index contributed by atoms with van der Waals surface area (Å²) in [5.41, 5.74) is 2.34. The van der Waals surface area contributed by atoms with Crippen molar-refractivity contribution >= 4 is 17.7 Å². The number of ether oxygens (including phenoxy) is 2. The Morgan fingerprint density at radius 3 is 2.78 bits per heavy atom. The van der Waals surface area contributed by atoms with Crippen LogP contribution in [0.4, 0.5) is 5.69 Å². The van der Waals surface area contributed by atoms with E-state index in [-0.39, 0.29) is 12.4 Å². The molecule has 0 radical (unpaired) electrons. The molecule has 0 unspecified atom stereocenters. The van der Waals surface area contributed by atoms with Gasteiger partial charge in [-0.1, -0.05) is 24.3 Å². The van der Waals surface area contributed by atoms with Crippen LogP contribution in [0.3, 0.4) is 0 Å². The summed E-state index contributed by atoms with van der Waals surface area (Å²) in [5.74, 6) is 0.819. The zero-order valence-corrected chi connectivity index (χ0v) is 12.5. The van der Waals surface area contributed by atoms with Gasteiger partial charge in [-0.3, -0.25) is 4.79 Å². The van der Waals surface area contributed by atoms with E-state index in [1.807, 2.05) is 31.2 Å². The maximum Gasteiger partial charge on any atom is 0.266 e. The van der Waals surface area contributed by atoms with E-state index in [1.165, 1.54) is 6.08 Å². The van der Waals surface area contributed by atoms with Gasteiger partial charge in [0.15, 0.2) is 11.5 Å². The van der Waals surface area contributed by atoms with Crippen LogP contribution in [-0.4, -0.2) is 12.7 Å². The highest BCUT2D eigenvalue weighted by molar-refractivity contribution is 6.10. The second-order valence-corrected chi connectivity index (χ2v) is 5.05. The van der Waals surface area contributed by atoms with Gasteiger partial charge in [0.05, 0.1) is 0 Å². The molecule has 3 rings (SSSR count). The van der Waals surface area contributed by atoms with Crippen molar-refractivity contribution in [2.24, 2.45) is 0 Å². The molecule has 0 aromatic heterocycles. The normalized spacial score (nSPS) is 12.6. The molecule has 1 aliphatic heterocycles. The number of carbonyl (C=O) groups excluding carboxylic acids is 1. The van der Waals surface area contributed by atoms with Crippen LogP contribution in [-0.2, 0) is 4.79 Å². The Morgan fingerprint density at radius 1 is 1.22 bits per heavy atom. The van der Waals surface area contributed by atoms with Gasteiger partial charge in [0.1, 0.15) is 11.6 Å². The topological polar surface area (TPSA) is 71.4 Å². The molecule has 0 bridgehead atoms. The summed E-state index contributed by atoms with van der Waals surface area (Å²) >= 11 is 0. The van der Waals surface area contributed by atoms with Gasteiger partial charge in [0, 0.05) is 5.69 Å². The monoisotopic (exact) mass is 306 g/mol. The number of nitrogens with zero attached hydrogens (tertiary/aromatic N) is 1. The highest BCUT2D eigenvalue weighted by Gasteiger charge is 2.14. The number of anilines is 1. The molecule has 2 aromatic rings. The van der Waals surface area contributed by atoms with E-state index >= 15 is 0 Å². The van der Waals surface area contributed by atoms with Crippen molar-refractivity contribution in [3.63, 3.8) is 0 Å². The lowest BCUT2D eigenvalue weighted by atomic mass is 10.1. The van der Waals surface area contributed by atoms with Crippen LogP contribution < -0.4 is 14.8 Å². The van der Waals surface area contributed by atoms with Gasteiger partial charge in [-0.25, -0.2) is 0 Å². The molecule has 1 amide bonds. The van der Waals surface area contributed by atoms with Crippen molar-refractivity contribution < 1.29 is 14.3 Å². The number of benzene rings is 2. The molecule has 0 spiro atoms. The van der Waals surface area contributed by atoms with Crippen LogP contribution in [0.15, 0.2) is 48.0 Å². The molecular weight excluding hydrogens is 292 g/mol. The van der Waals surface area contributed by atoms with E-state index in [0.717, 1.165) is 5.56 Å². The fourth-order valence-electron chi connectivity index (χ4n) is 2.22. The molecule has 0 fully saturated rings. The molecule has 5 heteroatoms. The van der Waals surface area contributed by atoms with Crippen LogP contribution in [0, 0.1) is 18.3 Å². The van der Waals surface area contributed by atoms with Crippen LogP contribution in [0.2, 0.25) is 0 Å². The highest BCUT2D eigenvalue weighted by Crippen LogP contribution is 2.33. The Hall–Kier alpha value is -3.26. The van der Waals surface area contributed by atoms with Crippen LogP contribution in [0.5, 0.6) is 11.5 Å². The Kier molecular flexibility index (Phi) is 3.98. The Labute approximate surface area is 133 Å². The van der Waals surface area contributed by atoms with E-state index in [0.29, 0.717) is 22.7 Å². The predicted molar refractivity (Wildman–Crippen MR) is 86.0 cm³/mol. The number of hydrogen-bond acceptors (Lipinski definition) is 4. The number of fused-ring (bicyclic) bond motifs is 1. The van der Waals surface area contributed by atoms with Gasteiger partial charge >= 0.3 is 0 Å². The summed E-state index contributed by atoms with van der Waals surface area (Å²) in [6, 6.07) is 14.6. The molecule has 23 heavy (non-hydrogen) atoms. The first-order valence-electron chi connectivity index (χ1n) is 7.06. The summed E-state index contributed by atoms with van der Waals surface area (Å²) < 4.78 is 10.5. The minimum atomic E-state index is -0.445. The van der Waals surface area contributed by atoms with Crippen molar-refractivity contribution in [3.05, 3.63) is 59.2 Å². The third kappa shape index (κ3) is 3.16. The lowest BCUT2D eigenvalue weighted by Crippen LogP contribution is -2.14. The number of hydrogen-bond donors (Lipinski definition) is 1. The largest absolute Gasteiger partial charge is 0.454 e. The third-order valence-electron chi connectivity index (χ3n) is 3.47. The second-order valence-electron chi connectivity index (χ2n) is 5.05. The van der Waals surface area contributed by atoms with Gasteiger partial charge in [-0.05, 0) is 42.3 Å². The lowest BCUT2D eigenvalue weighted by Gasteiger charge is -2.07. The van der Waals surface area contributed by atoms with Crippen LogP contribution in [0.25, 0.3) is 6.08 Å². The summed E-state index contributed by atoms with van der Waals surface area (Å²) in [6.45, 7) is 2.07. The number of para-hydroxylation sites is 1. The minimum Gasteiger partial charge on any atom is -0.454 e. The number of nitriles is 1. The van der Waals surface area contributed by atoms with Crippen molar-refractivity contribution in [3.8, 4) is 17.6 Å². The average Bonchev–Trinajstić information content (AvgIpc) is 3.02. The van der Waals surface area contributed by atoms with E-state index in [9.17, 15) is 10.1 Å². The Balaban J connectivity index is 1.83. The molecule has 5 nitrogen and oxygen atoms in total. The standard InChI is InChI=1S/C18H14N2O3/c1-12-4-2-3-5-15(12)20-18(21)14(10-19)8-13-6-7-16-17(9-13)23-11-22-16/h2-9H,11H2,1H3,(H,20,21)/b14-8+. The smallest absolute Gasteiger partial charge is 0.266 e. The maximum atomic E-state index is 12.3. The quantitative estimate of drug-likeness (QED) is 0.698. The average molecular weight is 306 g/mol. The number of rotatable bonds is 3. The summed E-state index contributed by atoms with van der Waals surface area (Å²) in [7, 11) is 0. The maximum absolute atomic E-state index is 12.3. The Bertz CT molecular complexity index is 834. The van der Waals surface area contributed by atoms with Crippen LogP contribution >= 0.6 is 0 Å². The van der Waals surface area contributed by atoms with E-state index in [4.69, 9.17) is 9.47 Å². The summed E-state index contributed by atoms with van der Waals surface area (Å²) in [4.78, 5) is 12.3. The van der Waals surface area contributed by atoms with Crippen molar-refractivity contribution in [1.29, 1.82) is 5.26 Å². The number of nitrogens with one attached hydrogen (secondary N) is 1. The molecule has 0 atom stereocenters. The van der Waals surface area contributed by atoms with Gasteiger partial charge in [0.25, 0.3) is 5.91 Å². The van der Waals surface area contributed by atoms with Crippen molar-refractivity contribution in [2.75, 3.05) is 12.1 Å². The SMILES string of the molecule is Cc1ccccc1NC(=O)/C(C#N)=C/c1ccc2c(c1)OCO2. The van der Waals surface area contributed by atoms with Gasteiger partial charge < -0.3 is 14.8 Å². The first kappa shape index (κ1) is 14.7.